The van der Waals surface area contributed by atoms with Crippen molar-refractivity contribution in [2.45, 2.75) is 26.3 Å². The second-order valence-corrected chi connectivity index (χ2v) is 5.03. The minimum atomic E-state index is 0. The number of aliphatic imine (C=N–C) groups is 1. The number of benzene rings is 1. The second kappa shape index (κ2) is 12.0. The molecule has 23 heavy (non-hydrogen) atoms. The van der Waals surface area contributed by atoms with Gasteiger partial charge in [0.2, 0.25) is 0 Å². The van der Waals surface area contributed by atoms with Crippen LogP contribution in [0.5, 0.6) is 11.5 Å². The zero-order valence-corrected chi connectivity index (χ0v) is 16.5. The van der Waals surface area contributed by atoms with Crippen LogP contribution in [0.15, 0.2) is 35.8 Å². The third kappa shape index (κ3) is 7.58. The van der Waals surface area contributed by atoms with Gasteiger partial charge in [-0.3, -0.25) is 0 Å². The topological polar surface area (TPSA) is 57.1 Å². The van der Waals surface area contributed by atoms with Gasteiger partial charge < -0.3 is 20.1 Å². The van der Waals surface area contributed by atoms with E-state index in [9.17, 15) is 5.11 Å². The maximum Gasteiger partial charge on any atom is 0.193 e. The molecule has 0 aliphatic carbocycles. The van der Waals surface area contributed by atoms with E-state index in [-0.39, 0.29) is 29.7 Å². The number of guanidine groups is 1. The first-order valence-electron chi connectivity index (χ1n) is 7.58. The highest BCUT2D eigenvalue weighted by atomic mass is 127. The summed E-state index contributed by atoms with van der Waals surface area (Å²) in [5, 5.41) is 13.1. The summed E-state index contributed by atoms with van der Waals surface area (Å²) in [7, 11) is 3.56. The van der Waals surface area contributed by atoms with Gasteiger partial charge in [0.05, 0.1) is 13.7 Å². The number of rotatable bonds is 8. The Morgan fingerprint density at radius 2 is 2.22 bits per heavy atom. The summed E-state index contributed by atoms with van der Waals surface area (Å²) < 4.78 is 5.04. The van der Waals surface area contributed by atoms with E-state index in [1.807, 2.05) is 26.1 Å². The molecule has 0 radical (unpaired) electrons. The van der Waals surface area contributed by atoms with Gasteiger partial charge in [0.25, 0.3) is 0 Å². The van der Waals surface area contributed by atoms with Gasteiger partial charge >= 0.3 is 0 Å². The molecule has 0 fully saturated rings. The largest absolute Gasteiger partial charge is 0.504 e. The highest BCUT2D eigenvalue weighted by molar-refractivity contribution is 14.0. The van der Waals surface area contributed by atoms with Crippen molar-refractivity contribution in [1.29, 1.82) is 0 Å². The number of nitrogens with zero attached hydrogens (tertiary/aromatic N) is 2. The van der Waals surface area contributed by atoms with Crippen molar-refractivity contribution in [2.24, 2.45) is 4.99 Å². The van der Waals surface area contributed by atoms with Crippen LogP contribution in [0.25, 0.3) is 0 Å². The number of nitrogens with one attached hydrogen (secondary N) is 1. The van der Waals surface area contributed by atoms with Crippen LogP contribution >= 0.6 is 24.0 Å². The molecule has 0 bridgehead atoms. The number of hydrogen-bond acceptors (Lipinski definition) is 3. The Hall–Kier alpha value is -1.44. The molecular weight excluding hydrogens is 405 g/mol. The highest BCUT2D eigenvalue weighted by Crippen LogP contribution is 2.26. The SMILES string of the molecule is C=CCCCN(C)C(=NCc1ccc(OC)c(O)c1)NCC.I. The molecule has 0 spiro atoms. The highest BCUT2D eigenvalue weighted by Gasteiger charge is 2.06. The summed E-state index contributed by atoms with van der Waals surface area (Å²) >= 11 is 0. The molecule has 0 atom stereocenters. The second-order valence-electron chi connectivity index (χ2n) is 5.03. The lowest BCUT2D eigenvalue weighted by Crippen LogP contribution is -2.39. The molecule has 1 rings (SSSR count). The van der Waals surface area contributed by atoms with E-state index in [0.717, 1.165) is 37.5 Å². The molecule has 1 aromatic carbocycles. The van der Waals surface area contributed by atoms with E-state index in [1.54, 1.807) is 12.1 Å². The monoisotopic (exact) mass is 433 g/mol. The van der Waals surface area contributed by atoms with Gasteiger partial charge in [-0.2, -0.15) is 0 Å². The molecule has 0 aliphatic heterocycles. The molecule has 0 saturated carbocycles. The third-order valence-corrected chi connectivity index (χ3v) is 3.25. The van der Waals surface area contributed by atoms with Crippen molar-refractivity contribution >= 4 is 29.9 Å². The summed E-state index contributed by atoms with van der Waals surface area (Å²) in [5.41, 5.74) is 0.938. The standard InChI is InChI=1S/C17H27N3O2.HI/c1-5-7-8-11-20(3)17(18-6-2)19-13-14-9-10-16(22-4)15(21)12-14;/h5,9-10,12,21H,1,6-8,11,13H2,2-4H3,(H,18,19);1H. The number of phenolic OH excluding ortho intramolecular Hbond substituents is 1. The molecule has 0 aliphatic rings. The molecular formula is C17H28IN3O2. The Balaban J connectivity index is 0.00000484. The molecule has 6 heteroatoms. The van der Waals surface area contributed by atoms with Crippen molar-refractivity contribution < 1.29 is 9.84 Å². The first-order chi connectivity index (χ1) is 10.6. The Kier molecular flexibility index (Phi) is 11.3. The Labute approximate surface area is 156 Å². The zero-order chi connectivity index (χ0) is 16.4. The van der Waals surface area contributed by atoms with E-state index >= 15 is 0 Å². The third-order valence-electron chi connectivity index (χ3n) is 3.25. The van der Waals surface area contributed by atoms with Gasteiger partial charge in [0, 0.05) is 20.1 Å². The van der Waals surface area contributed by atoms with Crippen LogP contribution < -0.4 is 10.1 Å². The van der Waals surface area contributed by atoms with Crippen molar-refractivity contribution in [3.05, 3.63) is 36.4 Å². The maximum atomic E-state index is 9.80. The number of ether oxygens (including phenoxy) is 1. The lowest BCUT2D eigenvalue weighted by molar-refractivity contribution is 0.373. The first-order valence-corrected chi connectivity index (χ1v) is 7.58. The lowest BCUT2D eigenvalue weighted by atomic mass is 10.2. The fraction of sp³-hybridized carbons (Fsp3) is 0.471. The number of unbranched alkanes of at least 4 members (excludes halogenated alkanes) is 1. The predicted octanol–water partition coefficient (Wildman–Crippen LogP) is 3.38. The number of allylic oxidation sites excluding steroid dienone is 1. The summed E-state index contributed by atoms with van der Waals surface area (Å²) in [6, 6.07) is 5.34. The van der Waals surface area contributed by atoms with Crippen molar-refractivity contribution in [3.8, 4) is 11.5 Å². The van der Waals surface area contributed by atoms with Crippen LogP contribution in [0.3, 0.4) is 0 Å². The van der Waals surface area contributed by atoms with Crippen molar-refractivity contribution in [1.82, 2.24) is 10.2 Å². The summed E-state index contributed by atoms with van der Waals surface area (Å²) in [6.07, 6.45) is 3.97. The van der Waals surface area contributed by atoms with Crippen molar-refractivity contribution in [3.63, 3.8) is 0 Å². The van der Waals surface area contributed by atoms with Crippen LogP contribution in [0.4, 0.5) is 0 Å². The normalized spacial score (nSPS) is 10.7. The summed E-state index contributed by atoms with van der Waals surface area (Å²) in [5.74, 6) is 1.47. The smallest absolute Gasteiger partial charge is 0.193 e. The van der Waals surface area contributed by atoms with E-state index in [2.05, 4.69) is 21.8 Å². The van der Waals surface area contributed by atoms with E-state index in [4.69, 9.17) is 4.74 Å². The van der Waals surface area contributed by atoms with Crippen LogP contribution in [0.1, 0.15) is 25.3 Å². The maximum absolute atomic E-state index is 9.80. The first kappa shape index (κ1) is 21.6. The Morgan fingerprint density at radius 3 is 2.78 bits per heavy atom. The van der Waals surface area contributed by atoms with Gasteiger partial charge in [-0.25, -0.2) is 4.99 Å². The molecule has 0 unspecified atom stereocenters. The molecule has 0 heterocycles. The lowest BCUT2D eigenvalue weighted by Gasteiger charge is -2.21. The van der Waals surface area contributed by atoms with Crippen LogP contribution in [-0.2, 0) is 6.54 Å². The molecule has 0 aromatic heterocycles. The van der Waals surface area contributed by atoms with Gasteiger partial charge in [-0.1, -0.05) is 12.1 Å². The van der Waals surface area contributed by atoms with Crippen LogP contribution in [0, 0.1) is 0 Å². The Bertz CT molecular complexity index is 507. The molecule has 0 amide bonds. The number of halogens is 1. The quantitative estimate of drug-likeness (QED) is 0.217. The summed E-state index contributed by atoms with van der Waals surface area (Å²) in [6.45, 7) is 8.03. The minimum Gasteiger partial charge on any atom is -0.504 e. The van der Waals surface area contributed by atoms with Gasteiger partial charge in [-0.15, -0.1) is 30.6 Å². The summed E-state index contributed by atoms with van der Waals surface area (Å²) in [4.78, 5) is 6.72. The average molecular weight is 433 g/mol. The number of aromatic hydroxyl groups is 1. The van der Waals surface area contributed by atoms with E-state index in [1.165, 1.54) is 7.11 Å². The average Bonchev–Trinajstić information content (AvgIpc) is 2.51. The predicted molar refractivity (Wildman–Crippen MR) is 107 cm³/mol. The zero-order valence-electron chi connectivity index (χ0n) is 14.2. The number of methoxy groups -OCH3 is 1. The molecule has 1 aromatic rings. The minimum absolute atomic E-state index is 0. The van der Waals surface area contributed by atoms with Gasteiger partial charge in [0.15, 0.2) is 17.5 Å². The van der Waals surface area contributed by atoms with E-state index in [0.29, 0.717) is 12.3 Å². The molecule has 130 valence electrons. The van der Waals surface area contributed by atoms with Crippen LogP contribution in [-0.4, -0.2) is 43.2 Å². The molecule has 5 nitrogen and oxygen atoms in total. The number of phenols is 1. The van der Waals surface area contributed by atoms with Crippen molar-refractivity contribution in [2.75, 3.05) is 27.2 Å². The van der Waals surface area contributed by atoms with Crippen LogP contribution in [0.2, 0.25) is 0 Å². The molecule has 2 N–H and O–H groups in total. The van der Waals surface area contributed by atoms with Gasteiger partial charge in [-0.05, 0) is 37.5 Å². The Morgan fingerprint density at radius 1 is 1.48 bits per heavy atom. The fourth-order valence-corrected chi connectivity index (χ4v) is 2.05. The van der Waals surface area contributed by atoms with E-state index < -0.39 is 0 Å². The number of hydrogen-bond donors (Lipinski definition) is 2. The van der Waals surface area contributed by atoms with Gasteiger partial charge in [0.1, 0.15) is 0 Å². The molecule has 0 saturated heterocycles. The fourth-order valence-electron chi connectivity index (χ4n) is 2.05.